The summed E-state index contributed by atoms with van der Waals surface area (Å²) in [5.41, 5.74) is 6.78. The van der Waals surface area contributed by atoms with Crippen LogP contribution in [0.3, 0.4) is 0 Å². The summed E-state index contributed by atoms with van der Waals surface area (Å²) in [7, 11) is 0. The van der Waals surface area contributed by atoms with Gasteiger partial charge >= 0.3 is 0 Å². The first-order valence-electron chi connectivity index (χ1n) is 5.75. The van der Waals surface area contributed by atoms with E-state index in [0.717, 1.165) is 18.4 Å². The van der Waals surface area contributed by atoms with E-state index >= 15 is 0 Å². The summed E-state index contributed by atoms with van der Waals surface area (Å²) in [6.45, 7) is 2.49. The van der Waals surface area contributed by atoms with Gasteiger partial charge in [0.15, 0.2) is 5.13 Å². The minimum absolute atomic E-state index is 0.702. The van der Waals surface area contributed by atoms with Crippen LogP contribution >= 0.6 is 11.3 Å². The molecule has 3 rings (SSSR count). The number of rotatable bonds is 3. The highest BCUT2D eigenvalue weighted by molar-refractivity contribution is 7.13. The van der Waals surface area contributed by atoms with Crippen LogP contribution in [-0.4, -0.2) is 29.0 Å². The second kappa shape index (κ2) is 3.76. The molecule has 2 fully saturated rings. The van der Waals surface area contributed by atoms with E-state index < -0.39 is 0 Å². The van der Waals surface area contributed by atoms with Gasteiger partial charge in [0, 0.05) is 30.9 Å². The minimum atomic E-state index is 0.702. The first-order valence-corrected chi connectivity index (χ1v) is 6.63. The van der Waals surface area contributed by atoms with Crippen molar-refractivity contribution in [3.8, 4) is 0 Å². The SMILES string of the molecule is Nc1nc(CCN2CC3CCC2C3)cs1. The van der Waals surface area contributed by atoms with Gasteiger partial charge in [-0.3, -0.25) is 4.90 Å². The zero-order chi connectivity index (χ0) is 10.3. The Balaban J connectivity index is 1.54. The molecule has 0 aromatic carbocycles. The zero-order valence-electron chi connectivity index (χ0n) is 8.85. The van der Waals surface area contributed by atoms with Crippen LogP contribution in [0, 0.1) is 5.92 Å². The monoisotopic (exact) mass is 223 g/mol. The molecule has 2 bridgehead atoms. The van der Waals surface area contributed by atoms with Crippen LogP contribution in [-0.2, 0) is 6.42 Å². The van der Waals surface area contributed by atoms with Crippen LogP contribution in [0.5, 0.6) is 0 Å². The summed E-state index contributed by atoms with van der Waals surface area (Å²) in [6.07, 6.45) is 5.39. The van der Waals surface area contributed by atoms with Gasteiger partial charge in [-0.2, -0.15) is 0 Å². The Bertz CT molecular complexity index is 349. The number of hydrogen-bond acceptors (Lipinski definition) is 4. The van der Waals surface area contributed by atoms with Crippen molar-refractivity contribution in [1.82, 2.24) is 9.88 Å². The van der Waals surface area contributed by atoms with E-state index in [0.29, 0.717) is 5.13 Å². The second-order valence-electron chi connectivity index (χ2n) is 4.75. The van der Waals surface area contributed by atoms with Crippen molar-refractivity contribution in [2.75, 3.05) is 18.8 Å². The lowest BCUT2D eigenvalue weighted by atomic mass is 10.1. The predicted octanol–water partition coefficient (Wildman–Crippen LogP) is 1.75. The number of piperidine rings is 1. The molecule has 4 heteroatoms. The molecule has 15 heavy (non-hydrogen) atoms. The molecule has 3 nitrogen and oxygen atoms in total. The Morgan fingerprint density at radius 1 is 1.53 bits per heavy atom. The summed E-state index contributed by atoms with van der Waals surface area (Å²) in [5.74, 6) is 0.996. The highest BCUT2D eigenvalue weighted by Gasteiger charge is 2.37. The molecule has 82 valence electrons. The largest absolute Gasteiger partial charge is 0.375 e. The van der Waals surface area contributed by atoms with Crippen LogP contribution in [0.4, 0.5) is 5.13 Å². The van der Waals surface area contributed by atoms with Gasteiger partial charge in [-0.15, -0.1) is 11.3 Å². The van der Waals surface area contributed by atoms with Crippen LogP contribution in [0.2, 0.25) is 0 Å². The maximum Gasteiger partial charge on any atom is 0.180 e. The smallest absolute Gasteiger partial charge is 0.180 e. The molecule has 0 radical (unpaired) electrons. The average Bonchev–Trinajstić information content (AvgIpc) is 2.90. The maximum atomic E-state index is 5.62. The van der Waals surface area contributed by atoms with E-state index in [1.807, 2.05) is 0 Å². The van der Waals surface area contributed by atoms with Crippen molar-refractivity contribution in [3.05, 3.63) is 11.1 Å². The van der Waals surface area contributed by atoms with Crippen LogP contribution in [0.25, 0.3) is 0 Å². The van der Waals surface area contributed by atoms with Gasteiger partial charge in [-0.1, -0.05) is 0 Å². The quantitative estimate of drug-likeness (QED) is 0.849. The van der Waals surface area contributed by atoms with Gasteiger partial charge in [0.1, 0.15) is 0 Å². The van der Waals surface area contributed by atoms with E-state index in [1.54, 1.807) is 11.3 Å². The lowest BCUT2D eigenvalue weighted by molar-refractivity contribution is 0.216. The lowest BCUT2D eigenvalue weighted by Crippen LogP contribution is -2.33. The molecular formula is C11H17N3S. The fourth-order valence-corrected chi connectivity index (χ4v) is 3.59. The third-order valence-corrected chi connectivity index (χ3v) is 4.47. The summed E-state index contributed by atoms with van der Waals surface area (Å²) >= 11 is 1.55. The van der Waals surface area contributed by atoms with Crippen LogP contribution in [0.1, 0.15) is 25.0 Å². The van der Waals surface area contributed by atoms with Crippen molar-refractivity contribution in [1.29, 1.82) is 0 Å². The summed E-state index contributed by atoms with van der Waals surface area (Å²) in [4.78, 5) is 6.95. The highest BCUT2D eigenvalue weighted by atomic mass is 32.1. The first kappa shape index (κ1) is 9.60. The Morgan fingerprint density at radius 3 is 3.07 bits per heavy atom. The number of nitrogens with two attached hydrogens (primary N) is 1. The van der Waals surface area contributed by atoms with E-state index in [1.165, 1.54) is 38.0 Å². The lowest BCUT2D eigenvalue weighted by Gasteiger charge is -2.26. The van der Waals surface area contributed by atoms with Gasteiger partial charge in [0.25, 0.3) is 0 Å². The van der Waals surface area contributed by atoms with Crippen LogP contribution in [0.15, 0.2) is 5.38 Å². The number of nitrogens with zero attached hydrogens (tertiary/aromatic N) is 2. The summed E-state index contributed by atoms with van der Waals surface area (Å²) in [5, 5.41) is 2.79. The van der Waals surface area contributed by atoms with Crippen molar-refractivity contribution >= 4 is 16.5 Å². The van der Waals surface area contributed by atoms with Gasteiger partial charge in [-0.25, -0.2) is 4.98 Å². The fourth-order valence-electron chi connectivity index (χ4n) is 3.00. The molecule has 1 aromatic heterocycles. The van der Waals surface area contributed by atoms with E-state index in [4.69, 9.17) is 5.73 Å². The van der Waals surface area contributed by atoms with Gasteiger partial charge in [0.05, 0.1) is 5.69 Å². The molecule has 2 atom stereocenters. The topological polar surface area (TPSA) is 42.1 Å². The average molecular weight is 223 g/mol. The molecule has 1 aromatic rings. The van der Waals surface area contributed by atoms with Gasteiger partial charge in [-0.05, 0) is 25.2 Å². The molecule has 2 heterocycles. The number of nitrogen functional groups attached to an aromatic ring is 1. The molecule has 1 saturated heterocycles. The molecule has 1 aliphatic carbocycles. The number of fused-ring (bicyclic) bond motifs is 2. The third-order valence-electron chi connectivity index (χ3n) is 3.75. The van der Waals surface area contributed by atoms with Crippen LogP contribution < -0.4 is 5.73 Å². The van der Waals surface area contributed by atoms with E-state index in [-0.39, 0.29) is 0 Å². The molecular weight excluding hydrogens is 206 g/mol. The Morgan fingerprint density at radius 2 is 2.47 bits per heavy atom. The van der Waals surface area contributed by atoms with Gasteiger partial charge in [0.2, 0.25) is 0 Å². The molecule has 2 aliphatic rings. The van der Waals surface area contributed by atoms with E-state index in [2.05, 4.69) is 15.3 Å². The summed E-state index contributed by atoms with van der Waals surface area (Å²) < 4.78 is 0. The molecule has 2 unspecified atom stereocenters. The van der Waals surface area contributed by atoms with E-state index in [9.17, 15) is 0 Å². The first-order chi connectivity index (χ1) is 7.31. The summed E-state index contributed by atoms with van der Waals surface area (Å²) in [6, 6.07) is 0.881. The van der Waals surface area contributed by atoms with Crippen molar-refractivity contribution in [2.45, 2.75) is 31.7 Å². The standard InChI is InChI=1S/C11H17N3S/c12-11-13-9(7-15-11)3-4-14-6-8-1-2-10(14)5-8/h7-8,10H,1-6H2,(H2,12,13). The number of anilines is 1. The maximum absolute atomic E-state index is 5.62. The van der Waals surface area contributed by atoms with Crippen molar-refractivity contribution < 1.29 is 0 Å². The number of likely N-dealkylation sites (tertiary alicyclic amines) is 1. The molecule has 1 saturated carbocycles. The second-order valence-corrected chi connectivity index (χ2v) is 5.64. The fraction of sp³-hybridized carbons (Fsp3) is 0.727. The molecule has 0 amide bonds. The predicted molar refractivity (Wildman–Crippen MR) is 62.9 cm³/mol. The highest BCUT2D eigenvalue weighted by Crippen LogP contribution is 2.37. The molecule has 2 N–H and O–H groups in total. The van der Waals surface area contributed by atoms with Gasteiger partial charge < -0.3 is 5.73 Å². The minimum Gasteiger partial charge on any atom is -0.375 e. The number of aromatic nitrogens is 1. The Kier molecular flexibility index (Phi) is 2.41. The number of hydrogen-bond donors (Lipinski definition) is 1. The van der Waals surface area contributed by atoms with Crippen molar-refractivity contribution in [3.63, 3.8) is 0 Å². The Labute approximate surface area is 94.3 Å². The Hall–Kier alpha value is -0.610. The molecule has 1 aliphatic heterocycles. The third kappa shape index (κ3) is 1.88. The zero-order valence-corrected chi connectivity index (χ0v) is 9.67. The number of thiazole rings is 1. The van der Waals surface area contributed by atoms with Crippen molar-refractivity contribution in [2.24, 2.45) is 5.92 Å². The molecule has 0 spiro atoms. The normalized spacial score (nSPS) is 30.1.